The number of benzene rings is 3. The van der Waals surface area contributed by atoms with Crippen LogP contribution in [0.3, 0.4) is 0 Å². The molecule has 2 aliphatic rings. The highest BCUT2D eigenvalue weighted by Gasteiger charge is 2.34. The van der Waals surface area contributed by atoms with Gasteiger partial charge in [-0.2, -0.15) is 0 Å². The van der Waals surface area contributed by atoms with E-state index in [-0.39, 0.29) is 31.1 Å². The molecule has 0 unspecified atom stereocenters. The van der Waals surface area contributed by atoms with Crippen LogP contribution in [0, 0.1) is 0 Å². The lowest BCUT2D eigenvalue weighted by Crippen LogP contribution is -2.30. The summed E-state index contributed by atoms with van der Waals surface area (Å²) in [5.41, 5.74) is 3.13. The molecule has 3 amide bonds. The molecule has 2 aliphatic heterocycles. The van der Waals surface area contributed by atoms with E-state index < -0.39 is 0 Å². The van der Waals surface area contributed by atoms with Crippen LogP contribution in [-0.4, -0.2) is 40.9 Å². The van der Waals surface area contributed by atoms with Crippen molar-refractivity contribution in [3.05, 3.63) is 94.5 Å². The molecule has 0 radical (unpaired) electrons. The molecule has 5 rings (SSSR count). The average molecular weight is 442 g/mol. The first-order valence-corrected chi connectivity index (χ1v) is 10.8. The summed E-state index contributed by atoms with van der Waals surface area (Å²) in [5, 5.41) is 0. The largest absolute Gasteiger partial charge is 0.454 e. The number of fused-ring (bicyclic) bond motifs is 2. The van der Waals surface area contributed by atoms with Crippen LogP contribution in [0.2, 0.25) is 0 Å². The minimum atomic E-state index is -0.295. The topological polar surface area (TPSA) is 76.2 Å². The predicted octanol–water partition coefficient (Wildman–Crippen LogP) is 3.87. The molecular weight excluding hydrogens is 420 g/mol. The predicted molar refractivity (Wildman–Crippen MR) is 120 cm³/mol. The maximum Gasteiger partial charge on any atom is 0.261 e. The van der Waals surface area contributed by atoms with Crippen LogP contribution in [0.25, 0.3) is 0 Å². The molecule has 7 nitrogen and oxygen atoms in total. The number of hydrogen-bond acceptors (Lipinski definition) is 5. The third-order valence-electron chi connectivity index (χ3n) is 5.90. The summed E-state index contributed by atoms with van der Waals surface area (Å²) in [5.74, 6) is 0.714. The fraction of sp³-hybridized carbons (Fsp3) is 0.192. The molecule has 166 valence electrons. The molecule has 0 spiro atoms. The smallest absolute Gasteiger partial charge is 0.261 e. The van der Waals surface area contributed by atoms with Crippen molar-refractivity contribution >= 4 is 17.7 Å². The summed E-state index contributed by atoms with van der Waals surface area (Å²) < 4.78 is 10.8. The minimum Gasteiger partial charge on any atom is -0.454 e. The second-order valence-electron chi connectivity index (χ2n) is 7.95. The van der Waals surface area contributed by atoms with E-state index in [0.29, 0.717) is 41.3 Å². The van der Waals surface area contributed by atoms with E-state index in [4.69, 9.17) is 9.47 Å². The number of carbonyl (C=O) groups excluding carboxylic acids is 3. The van der Waals surface area contributed by atoms with Crippen molar-refractivity contribution in [1.82, 2.24) is 9.80 Å². The average Bonchev–Trinajstić information content (AvgIpc) is 3.41. The number of carbonyl (C=O) groups is 3. The molecule has 0 atom stereocenters. The SMILES string of the molecule is CCN(Cc1ccc2c(c1)OCO2)C(=O)c1ccc(CN2C(=O)c3ccccc3C2=O)cc1. The highest BCUT2D eigenvalue weighted by Crippen LogP contribution is 2.33. The van der Waals surface area contributed by atoms with E-state index in [9.17, 15) is 14.4 Å². The zero-order valence-corrected chi connectivity index (χ0v) is 18.1. The van der Waals surface area contributed by atoms with Gasteiger partial charge in [0.05, 0.1) is 17.7 Å². The lowest BCUT2D eigenvalue weighted by atomic mass is 10.1. The van der Waals surface area contributed by atoms with E-state index in [2.05, 4.69) is 0 Å². The molecule has 0 saturated carbocycles. The van der Waals surface area contributed by atoms with Gasteiger partial charge in [0.25, 0.3) is 17.7 Å². The Morgan fingerprint density at radius 2 is 1.52 bits per heavy atom. The highest BCUT2D eigenvalue weighted by molar-refractivity contribution is 6.21. The molecule has 0 aromatic heterocycles. The Labute approximate surface area is 191 Å². The first-order valence-electron chi connectivity index (χ1n) is 10.8. The Hall–Kier alpha value is -4.13. The van der Waals surface area contributed by atoms with Crippen LogP contribution in [0.4, 0.5) is 0 Å². The van der Waals surface area contributed by atoms with E-state index in [1.54, 1.807) is 53.4 Å². The van der Waals surface area contributed by atoms with Crippen molar-refractivity contribution < 1.29 is 23.9 Å². The van der Waals surface area contributed by atoms with E-state index in [1.165, 1.54) is 4.90 Å². The normalized spacial score (nSPS) is 13.9. The molecular formula is C26H22N2O5. The Balaban J connectivity index is 1.27. The minimum absolute atomic E-state index is 0.0950. The third-order valence-corrected chi connectivity index (χ3v) is 5.90. The van der Waals surface area contributed by atoms with Gasteiger partial charge in [-0.15, -0.1) is 0 Å². The van der Waals surface area contributed by atoms with Crippen molar-refractivity contribution in [2.24, 2.45) is 0 Å². The standard InChI is InChI=1S/C26H22N2O5/c1-2-27(14-18-9-12-22-23(13-18)33-16-32-22)24(29)19-10-7-17(8-11-19)15-28-25(30)20-5-3-4-6-21(20)26(28)31/h3-13H,2,14-16H2,1H3. The molecule has 3 aromatic carbocycles. The second kappa shape index (κ2) is 8.43. The quantitative estimate of drug-likeness (QED) is 0.542. The van der Waals surface area contributed by atoms with Crippen LogP contribution < -0.4 is 9.47 Å². The summed E-state index contributed by atoms with van der Waals surface area (Å²) in [7, 11) is 0. The van der Waals surface area contributed by atoms with E-state index in [0.717, 1.165) is 11.1 Å². The summed E-state index contributed by atoms with van der Waals surface area (Å²) in [6.07, 6.45) is 0. The molecule has 2 heterocycles. The highest BCUT2D eigenvalue weighted by atomic mass is 16.7. The number of hydrogen-bond donors (Lipinski definition) is 0. The van der Waals surface area contributed by atoms with Crippen LogP contribution in [0.1, 0.15) is 49.1 Å². The molecule has 0 fully saturated rings. The van der Waals surface area contributed by atoms with Gasteiger partial charge in [0.15, 0.2) is 11.5 Å². The number of ether oxygens (including phenoxy) is 2. The Bertz CT molecular complexity index is 1220. The van der Waals surface area contributed by atoms with Gasteiger partial charge in [0, 0.05) is 18.7 Å². The van der Waals surface area contributed by atoms with Crippen LogP contribution >= 0.6 is 0 Å². The Kier molecular flexibility index (Phi) is 5.30. The third kappa shape index (κ3) is 3.82. The fourth-order valence-corrected chi connectivity index (χ4v) is 4.09. The van der Waals surface area contributed by atoms with E-state index >= 15 is 0 Å². The molecule has 33 heavy (non-hydrogen) atoms. The van der Waals surface area contributed by atoms with Crippen molar-refractivity contribution in [3.63, 3.8) is 0 Å². The Morgan fingerprint density at radius 3 is 2.18 bits per heavy atom. The van der Waals surface area contributed by atoms with Crippen molar-refractivity contribution in [2.45, 2.75) is 20.0 Å². The summed E-state index contributed by atoms with van der Waals surface area (Å²) in [6.45, 7) is 3.30. The summed E-state index contributed by atoms with van der Waals surface area (Å²) >= 11 is 0. The molecule has 0 bridgehead atoms. The van der Waals surface area contributed by atoms with Gasteiger partial charge < -0.3 is 14.4 Å². The van der Waals surface area contributed by atoms with Crippen LogP contribution in [0.5, 0.6) is 11.5 Å². The maximum absolute atomic E-state index is 13.1. The summed E-state index contributed by atoms with van der Waals surface area (Å²) in [6, 6.07) is 19.5. The molecule has 3 aromatic rings. The second-order valence-corrected chi connectivity index (χ2v) is 7.95. The lowest BCUT2D eigenvalue weighted by Gasteiger charge is -2.21. The van der Waals surface area contributed by atoms with Gasteiger partial charge in [-0.05, 0) is 54.4 Å². The molecule has 0 saturated heterocycles. The van der Waals surface area contributed by atoms with Crippen molar-refractivity contribution in [3.8, 4) is 11.5 Å². The van der Waals surface area contributed by atoms with Crippen molar-refractivity contribution in [1.29, 1.82) is 0 Å². The lowest BCUT2D eigenvalue weighted by molar-refractivity contribution is 0.0641. The number of amides is 3. The van der Waals surface area contributed by atoms with Crippen LogP contribution in [0.15, 0.2) is 66.7 Å². The van der Waals surface area contributed by atoms with Crippen molar-refractivity contribution in [2.75, 3.05) is 13.3 Å². The number of rotatable bonds is 6. The van der Waals surface area contributed by atoms with Gasteiger partial charge in [0.2, 0.25) is 6.79 Å². The molecule has 7 heteroatoms. The van der Waals surface area contributed by atoms with Gasteiger partial charge in [-0.1, -0.05) is 30.3 Å². The first kappa shape index (κ1) is 20.8. The van der Waals surface area contributed by atoms with Gasteiger partial charge in [-0.25, -0.2) is 0 Å². The molecule has 0 N–H and O–H groups in total. The fourth-order valence-electron chi connectivity index (χ4n) is 4.09. The monoisotopic (exact) mass is 442 g/mol. The zero-order valence-electron chi connectivity index (χ0n) is 18.1. The molecule has 0 aliphatic carbocycles. The number of imide groups is 1. The summed E-state index contributed by atoms with van der Waals surface area (Å²) in [4.78, 5) is 41.2. The van der Waals surface area contributed by atoms with Gasteiger partial charge >= 0.3 is 0 Å². The van der Waals surface area contributed by atoms with Crippen LogP contribution in [-0.2, 0) is 13.1 Å². The number of nitrogens with zero attached hydrogens (tertiary/aromatic N) is 2. The van der Waals surface area contributed by atoms with Gasteiger partial charge in [-0.3, -0.25) is 19.3 Å². The first-order chi connectivity index (χ1) is 16.0. The zero-order chi connectivity index (χ0) is 22.9. The van der Waals surface area contributed by atoms with Gasteiger partial charge in [0.1, 0.15) is 0 Å². The maximum atomic E-state index is 13.1. The van der Waals surface area contributed by atoms with E-state index in [1.807, 2.05) is 25.1 Å². The Morgan fingerprint density at radius 1 is 0.879 bits per heavy atom.